The molecule has 5 rings (SSSR count). The third-order valence-corrected chi connectivity index (χ3v) is 14.7. The molecule has 0 aromatic carbocycles. The number of rotatable bonds is 8. The summed E-state index contributed by atoms with van der Waals surface area (Å²) in [5.41, 5.74) is 2.55. The zero-order valence-corrected chi connectivity index (χ0v) is 25.9. The minimum atomic E-state index is -0.897. The number of alkyl halides is 3. The van der Waals surface area contributed by atoms with E-state index in [0.717, 1.165) is 56.0 Å². The van der Waals surface area contributed by atoms with Crippen molar-refractivity contribution in [1.29, 1.82) is 0 Å². The maximum absolute atomic E-state index is 16.1. The number of halogens is 3. The van der Waals surface area contributed by atoms with E-state index in [4.69, 9.17) is 7.80 Å². The number of thioether (sulfide) groups is 1. The Morgan fingerprint density at radius 2 is 2.15 bits per heavy atom. The molecule has 34 heavy (non-hydrogen) atoms. The average molecular weight is 713 g/mol. The van der Waals surface area contributed by atoms with Gasteiger partial charge in [-0.1, -0.05) is 12.8 Å². The second-order valence-corrected chi connectivity index (χ2v) is 17.5. The monoisotopic (exact) mass is 713 g/mol. The van der Waals surface area contributed by atoms with Crippen LogP contribution >= 0.6 is 32.5 Å². The predicted molar refractivity (Wildman–Crippen MR) is 147 cm³/mol. The van der Waals surface area contributed by atoms with Crippen molar-refractivity contribution < 1.29 is 33.8 Å². The molecule has 0 spiro atoms. The van der Waals surface area contributed by atoms with Crippen LogP contribution in [0.5, 0.6) is 0 Å². The first-order valence-corrected chi connectivity index (χ1v) is 19.1. The van der Waals surface area contributed by atoms with Gasteiger partial charge in [-0.3, -0.25) is 0 Å². The molecule has 3 aliphatic carbocycles. The van der Waals surface area contributed by atoms with E-state index in [1.165, 1.54) is 52.8 Å². The Balaban J connectivity index is 1.37. The second-order valence-electron chi connectivity index (χ2n) is 10.8. The molecular weight excluding hydrogens is 673 g/mol. The van der Waals surface area contributed by atoms with Crippen LogP contribution in [0.4, 0.5) is 4.39 Å². The molecule has 0 N–H and O–H groups in total. The molecule has 6 heteroatoms. The van der Waals surface area contributed by atoms with Gasteiger partial charge in [0, 0.05) is 0 Å². The first kappa shape index (κ1) is 26.2. The maximum atomic E-state index is 16.1. The molecule has 0 saturated heterocycles. The van der Waals surface area contributed by atoms with Gasteiger partial charge in [0.05, 0.1) is 0 Å². The fourth-order valence-corrected chi connectivity index (χ4v) is 12.8. The van der Waals surface area contributed by atoms with Gasteiger partial charge < -0.3 is 0 Å². The number of hydrogen-bond donors (Lipinski definition) is 0. The van der Waals surface area contributed by atoms with E-state index < -0.39 is 30.5 Å². The summed E-state index contributed by atoms with van der Waals surface area (Å²) in [6, 6.07) is 0. The van der Waals surface area contributed by atoms with E-state index in [9.17, 15) is 0 Å². The van der Waals surface area contributed by atoms with Gasteiger partial charge in [-0.05, 0) is 31.1 Å². The van der Waals surface area contributed by atoms with Gasteiger partial charge in [-0.25, -0.2) is 0 Å². The summed E-state index contributed by atoms with van der Waals surface area (Å²) in [4.78, 5) is 1.32. The number of hydrogen-bond acceptors (Lipinski definition) is 3. The number of fused-ring (bicyclic) bond motifs is 2. The Kier molecular flexibility index (Phi) is 8.90. The van der Waals surface area contributed by atoms with Crippen molar-refractivity contribution in [2.24, 2.45) is 17.3 Å². The summed E-state index contributed by atoms with van der Waals surface area (Å²) in [7, 11) is 0. The Morgan fingerprint density at radius 1 is 1.26 bits per heavy atom. The SMILES string of the molecule is CC[I-]OCCC[C@@]1(C)CC=C(C2(C3=CCCS3)OC3=C(C=I2)C2CCCCC2CC3)C(F)C1. The molecule has 192 valence electrons. The van der Waals surface area contributed by atoms with Gasteiger partial charge in [0.25, 0.3) is 0 Å². The van der Waals surface area contributed by atoms with Crippen LogP contribution in [0.15, 0.2) is 34.0 Å². The first-order chi connectivity index (χ1) is 16.5. The third-order valence-electron chi connectivity index (χ3n) is 8.37. The fourth-order valence-electron chi connectivity index (χ4n) is 6.55. The van der Waals surface area contributed by atoms with Crippen molar-refractivity contribution in [3.63, 3.8) is 0 Å². The Labute approximate surface area is 230 Å². The minimum absolute atomic E-state index is 0.0382. The van der Waals surface area contributed by atoms with Crippen LogP contribution in [-0.2, 0) is 7.80 Å². The molecule has 0 aromatic rings. The molecule has 1 saturated carbocycles. The van der Waals surface area contributed by atoms with Crippen LogP contribution in [0, 0.1) is 17.3 Å². The van der Waals surface area contributed by atoms with Crippen LogP contribution < -0.4 is 21.6 Å². The van der Waals surface area contributed by atoms with Crippen LogP contribution in [-0.4, -0.2) is 30.6 Å². The summed E-state index contributed by atoms with van der Waals surface area (Å²) in [6.07, 6.45) is 16.3. The Hall–Kier alpha value is 0.590. The van der Waals surface area contributed by atoms with Crippen molar-refractivity contribution in [3.8, 4) is 0 Å². The second kappa shape index (κ2) is 11.5. The Morgan fingerprint density at radius 3 is 2.94 bits per heavy atom. The van der Waals surface area contributed by atoms with Crippen molar-refractivity contribution in [2.75, 3.05) is 16.8 Å². The van der Waals surface area contributed by atoms with Gasteiger partial charge in [0.2, 0.25) is 0 Å². The van der Waals surface area contributed by atoms with Gasteiger partial charge in [-0.2, -0.15) is 0 Å². The van der Waals surface area contributed by atoms with E-state index in [1.54, 1.807) is 0 Å². The molecule has 2 heterocycles. The molecule has 4 unspecified atom stereocenters. The van der Waals surface area contributed by atoms with Crippen molar-refractivity contribution >= 4 is 36.5 Å². The summed E-state index contributed by atoms with van der Waals surface area (Å²) in [5.74, 6) is 3.90. The van der Waals surface area contributed by atoms with Gasteiger partial charge in [0.1, 0.15) is 0 Å². The van der Waals surface area contributed by atoms with Gasteiger partial charge in [-0.15, -0.1) is 0 Å². The van der Waals surface area contributed by atoms with Gasteiger partial charge >= 0.3 is 189 Å². The molecule has 0 amide bonds. The van der Waals surface area contributed by atoms with Crippen LogP contribution in [0.3, 0.4) is 0 Å². The molecule has 2 nitrogen and oxygen atoms in total. The summed E-state index contributed by atoms with van der Waals surface area (Å²) in [5, 5.41) is 0. The van der Waals surface area contributed by atoms with E-state index in [-0.39, 0.29) is 27.0 Å². The molecule has 0 bridgehead atoms. The van der Waals surface area contributed by atoms with Crippen molar-refractivity contribution in [2.45, 2.75) is 94.3 Å². The quantitative estimate of drug-likeness (QED) is 0.149. The fraction of sp³-hybridized carbons (Fsp3) is 0.750. The van der Waals surface area contributed by atoms with Crippen LogP contribution in [0.2, 0.25) is 0 Å². The summed E-state index contributed by atoms with van der Waals surface area (Å²) < 4.78 is 32.3. The first-order valence-electron chi connectivity index (χ1n) is 13.3. The third kappa shape index (κ3) is 5.40. The molecule has 2 aliphatic heterocycles. The molecule has 0 radical (unpaired) electrons. The molecule has 0 aromatic heterocycles. The van der Waals surface area contributed by atoms with E-state index in [2.05, 4.69) is 30.0 Å². The molecular formula is C28H40FI2O2S-. The van der Waals surface area contributed by atoms with Crippen LogP contribution in [0.1, 0.15) is 84.5 Å². The van der Waals surface area contributed by atoms with E-state index >= 15 is 4.39 Å². The molecule has 1 fully saturated rings. The number of allylic oxidation sites excluding steroid dienone is 4. The predicted octanol–water partition coefficient (Wildman–Crippen LogP) is 5.25. The summed E-state index contributed by atoms with van der Waals surface area (Å²) in [6.45, 7) is 5.32. The normalized spacial score (nSPS) is 37.9. The molecule has 5 aliphatic rings. The Bertz CT molecular complexity index is 884. The van der Waals surface area contributed by atoms with E-state index in [1.807, 2.05) is 11.8 Å². The topological polar surface area (TPSA) is 18.5 Å². The average Bonchev–Trinajstić information content (AvgIpc) is 3.39. The van der Waals surface area contributed by atoms with Crippen molar-refractivity contribution in [3.05, 3.63) is 34.0 Å². The number of ether oxygens (including phenoxy) is 1. The van der Waals surface area contributed by atoms with E-state index in [0.29, 0.717) is 12.3 Å². The van der Waals surface area contributed by atoms with Crippen molar-refractivity contribution in [1.82, 2.24) is 0 Å². The summed E-state index contributed by atoms with van der Waals surface area (Å²) >= 11 is 1.39. The van der Waals surface area contributed by atoms with Crippen LogP contribution in [0.25, 0.3) is 0 Å². The standard InChI is InChI=1S/C28H40FI2O2S/c1-3-31-32-16-7-14-27(2)15-13-23(24(29)18-27)28(26-10-6-17-34-26)30-19-22-21-9-5-4-8-20(21)11-12-25(22)33-28/h10,13,19-21,24H,3-9,11-12,14-18H2,1-2H3/q-1/t20?,21?,24?,27-,28?/m0/s1. The zero-order chi connectivity index (χ0) is 23.6. The zero-order valence-electron chi connectivity index (χ0n) is 20.7. The van der Waals surface area contributed by atoms with Gasteiger partial charge in [0.15, 0.2) is 0 Å². The molecule has 5 atom stereocenters.